The SMILES string of the molecule is COc1cc(N2CC([C@H]3CCCN(C4CC(C)(C(=O)O)C4)C3)C2)cc2c1nnn2[C@H](C)c1ccc(Cl)cc1Cl. The number of ether oxygens (including phenoxy) is 1. The molecule has 3 aliphatic rings. The summed E-state index contributed by atoms with van der Waals surface area (Å²) in [6.45, 7) is 8.12. The molecule has 1 aliphatic carbocycles. The van der Waals surface area contributed by atoms with Crippen molar-refractivity contribution in [3.05, 3.63) is 45.9 Å². The number of rotatable bonds is 7. The fourth-order valence-corrected chi connectivity index (χ4v) is 7.35. The molecule has 2 atom stereocenters. The summed E-state index contributed by atoms with van der Waals surface area (Å²) in [6, 6.07) is 10.0. The topological polar surface area (TPSA) is 83.7 Å². The van der Waals surface area contributed by atoms with Crippen molar-refractivity contribution < 1.29 is 14.6 Å². The maximum Gasteiger partial charge on any atom is 0.309 e. The molecule has 3 heterocycles. The smallest absolute Gasteiger partial charge is 0.309 e. The van der Waals surface area contributed by atoms with Crippen molar-refractivity contribution in [2.75, 3.05) is 38.2 Å². The predicted molar refractivity (Wildman–Crippen MR) is 153 cm³/mol. The van der Waals surface area contributed by atoms with Gasteiger partial charge in [0.05, 0.1) is 24.1 Å². The highest BCUT2D eigenvalue weighted by Crippen LogP contribution is 2.46. The Morgan fingerprint density at radius 2 is 1.92 bits per heavy atom. The maximum absolute atomic E-state index is 11.5. The molecule has 0 amide bonds. The van der Waals surface area contributed by atoms with Crippen LogP contribution in [0.25, 0.3) is 11.0 Å². The van der Waals surface area contributed by atoms with Gasteiger partial charge < -0.3 is 19.6 Å². The van der Waals surface area contributed by atoms with Crippen LogP contribution in [-0.2, 0) is 4.79 Å². The van der Waals surface area contributed by atoms with Crippen LogP contribution < -0.4 is 9.64 Å². The van der Waals surface area contributed by atoms with Crippen LogP contribution in [-0.4, -0.2) is 70.3 Å². The first-order valence-corrected chi connectivity index (χ1v) is 14.5. The lowest BCUT2D eigenvalue weighted by Gasteiger charge is -2.52. The maximum atomic E-state index is 11.5. The molecule has 0 bridgehead atoms. The zero-order valence-electron chi connectivity index (χ0n) is 22.6. The fourth-order valence-electron chi connectivity index (χ4n) is 6.78. The highest BCUT2D eigenvalue weighted by molar-refractivity contribution is 6.35. The number of methoxy groups -OCH3 is 1. The molecule has 8 nitrogen and oxygen atoms in total. The van der Waals surface area contributed by atoms with Gasteiger partial charge in [0.15, 0.2) is 11.3 Å². The van der Waals surface area contributed by atoms with Gasteiger partial charge in [-0.3, -0.25) is 4.79 Å². The molecule has 0 unspecified atom stereocenters. The minimum atomic E-state index is -0.656. The molecular weight excluding hydrogens is 537 g/mol. The zero-order valence-corrected chi connectivity index (χ0v) is 24.1. The normalized spacial score (nSPS) is 26.7. The molecule has 3 aromatic rings. The second-order valence-electron chi connectivity index (χ2n) is 11.9. The first-order valence-electron chi connectivity index (χ1n) is 13.8. The van der Waals surface area contributed by atoms with Crippen molar-refractivity contribution in [1.82, 2.24) is 19.9 Å². The quantitative estimate of drug-likeness (QED) is 0.386. The first-order chi connectivity index (χ1) is 18.7. The molecule has 0 radical (unpaired) electrons. The summed E-state index contributed by atoms with van der Waals surface area (Å²) in [5, 5.41) is 19.6. The van der Waals surface area contributed by atoms with Crippen molar-refractivity contribution in [2.24, 2.45) is 17.3 Å². The number of likely N-dealkylation sites (tertiary alicyclic amines) is 1. The summed E-state index contributed by atoms with van der Waals surface area (Å²) in [5.74, 6) is 1.34. The molecule has 208 valence electrons. The van der Waals surface area contributed by atoms with Crippen molar-refractivity contribution >= 4 is 45.9 Å². The minimum absolute atomic E-state index is 0.133. The van der Waals surface area contributed by atoms with Crippen LogP contribution in [0.15, 0.2) is 30.3 Å². The predicted octanol–water partition coefficient (Wildman–Crippen LogP) is 5.76. The fraction of sp³-hybridized carbons (Fsp3) is 0.552. The van der Waals surface area contributed by atoms with Crippen LogP contribution >= 0.6 is 23.2 Å². The Bertz CT molecular complexity index is 1400. The summed E-state index contributed by atoms with van der Waals surface area (Å²) < 4.78 is 7.63. The molecule has 3 fully saturated rings. The van der Waals surface area contributed by atoms with Crippen LogP contribution in [0.5, 0.6) is 5.75 Å². The molecule has 1 N–H and O–H groups in total. The average molecular weight is 573 g/mol. The number of aliphatic carboxylic acids is 1. The molecule has 39 heavy (non-hydrogen) atoms. The Labute approximate surface area is 238 Å². The standard InChI is InChI=1S/C29H35Cl2N5O3/c1-17(23-7-6-20(30)9-24(23)31)36-25-10-21(11-26(39-3)27(25)32-33-36)35-15-19(16-35)18-5-4-8-34(14-18)22-12-29(2,13-22)28(37)38/h6-7,9-11,17-19,22H,4-5,8,12-16H2,1-3H3,(H,37,38)/t17-,18+,22?,29?/m1/s1. The van der Waals surface area contributed by atoms with Gasteiger partial charge in [-0.1, -0.05) is 34.5 Å². The second-order valence-corrected chi connectivity index (χ2v) is 12.7. The van der Waals surface area contributed by atoms with Crippen molar-refractivity contribution in [3.8, 4) is 5.75 Å². The summed E-state index contributed by atoms with van der Waals surface area (Å²) >= 11 is 12.6. The number of halogens is 2. The minimum Gasteiger partial charge on any atom is -0.494 e. The second kappa shape index (κ2) is 10.1. The van der Waals surface area contributed by atoms with Gasteiger partial charge in [-0.15, -0.1) is 5.10 Å². The van der Waals surface area contributed by atoms with Crippen molar-refractivity contribution in [1.29, 1.82) is 0 Å². The molecule has 1 aromatic heterocycles. The zero-order chi connectivity index (χ0) is 27.5. The van der Waals surface area contributed by atoms with Crippen molar-refractivity contribution in [2.45, 2.75) is 51.6 Å². The van der Waals surface area contributed by atoms with E-state index < -0.39 is 11.4 Å². The van der Waals surface area contributed by atoms with E-state index in [1.165, 1.54) is 12.8 Å². The molecule has 2 aliphatic heterocycles. The van der Waals surface area contributed by atoms with E-state index >= 15 is 0 Å². The lowest BCUT2D eigenvalue weighted by Crippen LogP contribution is -2.58. The highest BCUT2D eigenvalue weighted by Gasteiger charge is 2.49. The number of hydrogen-bond acceptors (Lipinski definition) is 6. The van der Waals surface area contributed by atoms with Gasteiger partial charge in [-0.2, -0.15) is 0 Å². The number of carboxylic acid groups (broad SMARTS) is 1. The average Bonchev–Trinajstić information content (AvgIpc) is 3.29. The van der Waals surface area contributed by atoms with Gasteiger partial charge in [0, 0.05) is 47.5 Å². The molecule has 10 heteroatoms. The molecule has 0 spiro atoms. The molecule has 2 aromatic carbocycles. The third-order valence-electron chi connectivity index (χ3n) is 9.36. The molecule has 1 saturated carbocycles. The lowest BCUT2D eigenvalue weighted by molar-refractivity contribution is -0.158. The van der Waals surface area contributed by atoms with E-state index in [0.717, 1.165) is 61.3 Å². The van der Waals surface area contributed by atoms with Crippen molar-refractivity contribution in [3.63, 3.8) is 0 Å². The number of fused-ring (bicyclic) bond motifs is 1. The summed E-state index contributed by atoms with van der Waals surface area (Å²) in [5.41, 5.74) is 3.13. The number of piperidine rings is 1. The van der Waals surface area contributed by atoms with Crippen LogP contribution in [0.2, 0.25) is 10.0 Å². The Morgan fingerprint density at radius 3 is 2.62 bits per heavy atom. The van der Waals surface area contributed by atoms with Gasteiger partial charge in [0.25, 0.3) is 0 Å². The Morgan fingerprint density at radius 1 is 1.15 bits per heavy atom. The van der Waals surface area contributed by atoms with Gasteiger partial charge in [0.2, 0.25) is 0 Å². The van der Waals surface area contributed by atoms with Crippen LogP contribution in [0.3, 0.4) is 0 Å². The first kappa shape index (κ1) is 26.7. The van der Waals surface area contributed by atoms with E-state index in [9.17, 15) is 9.90 Å². The van der Waals surface area contributed by atoms with Crippen LogP contribution in [0.4, 0.5) is 5.69 Å². The van der Waals surface area contributed by atoms with E-state index in [0.29, 0.717) is 33.7 Å². The number of carbonyl (C=O) groups is 1. The van der Waals surface area contributed by atoms with Crippen LogP contribution in [0.1, 0.15) is 51.1 Å². The van der Waals surface area contributed by atoms with Gasteiger partial charge >= 0.3 is 5.97 Å². The number of carboxylic acids is 1. The largest absolute Gasteiger partial charge is 0.494 e. The Hall–Kier alpha value is -2.55. The summed E-state index contributed by atoms with van der Waals surface area (Å²) in [6.07, 6.45) is 3.98. The molecule has 6 rings (SSSR count). The number of hydrogen-bond donors (Lipinski definition) is 1. The monoisotopic (exact) mass is 571 g/mol. The number of aromatic nitrogens is 3. The van der Waals surface area contributed by atoms with Gasteiger partial charge in [-0.05, 0) is 81.7 Å². The van der Waals surface area contributed by atoms with Crippen LogP contribution in [0, 0.1) is 17.3 Å². The molecular formula is C29H35Cl2N5O3. The lowest BCUT2D eigenvalue weighted by atomic mass is 9.65. The van der Waals surface area contributed by atoms with E-state index in [-0.39, 0.29) is 6.04 Å². The van der Waals surface area contributed by atoms with E-state index in [2.05, 4.69) is 39.2 Å². The summed E-state index contributed by atoms with van der Waals surface area (Å²) in [7, 11) is 1.67. The van der Waals surface area contributed by atoms with Gasteiger partial charge in [-0.25, -0.2) is 4.68 Å². The summed E-state index contributed by atoms with van der Waals surface area (Å²) in [4.78, 5) is 16.5. The third-order valence-corrected chi connectivity index (χ3v) is 9.93. The van der Waals surface area contributed by atoms with Gasteiger partial charge in [0.1, 0.15) is 0 Å². The number of anilines is 1. The van der Waals surface area contributed by atoms with E-state index in [4.69, 9.17) is 27.9 Å². The number of benzene rings is 2. The number of nitrogens with zero attached hydrogens (tertiary/aromatic N) is 5. The van der Waals surface area contributed by atoms with E-state index in [1.54, 1.807) is 13.2 Å². The molecule has 2 saturated heterocycles. The van der Waals surface area contributed by atoms with E-state index in [1.807, 2.05) is 23.7 Å². The third kappa shape index (κ3) is 4.74. The highest BCUT2D eigenvalue weighted by atomic mass is 35.5. The Balaban J connectivity index is 1.16. The Kier molecular flexibility index (Phi) is 6.92.